The Kier molecular flexibility index (Phi) is 7.55. The van der Waals surface area contributed by atoms with E-state index >= 15 is 0 Å². The normalized spacial score (nSPS) is 18.1. The van der Waals surface area contributed by atoms with Crippen LogP contribution in [0.15, 0.2) is 54.3 Å². The number of nitrogens with one attached hydrogen (secondary N) is 1. The van der Waals surface area contributed by atoms with Gasteiger partial charge in [-0.2, -0.15) is 0 Å². The largest absolute Gasteiger partial charge is 0.444 e. The molecule has 1 saturated carbocycles. The van der Waals surface area contributed by atoms with Crippen LogP contribution in [0.5, 0.6) is 0 Å². The van der Waals surface area contributed by atoms with Crippen molar-refractivity contribution >= 4 is 23.1 Å². The summed E-state index contributed by atoms with van der Waals surface area (Å²) >= 11 is 1.79. The predicted octanol–water partition coefficient (Wildman–Crippen LogP) is 6.26. The summed E-state index contributed by atoms with van der Waals surface area (Å²) in [5.41, 5.74) is 4.45. The molecule has 0 spiro atoms. The number of aryl methyl sites for hydroxylation is 2. The number of aromatic nitrogens is 4. The maximum atomic E-state index is 12.1. The number of carbonyl (C=O) groups excluding carboxylic acids is 1. The maximum Gasteiger partial charge on any atom is 0.407 e. The Hall–Kier alpha value is -3.26. The summed E-state index contributed by atoms with van der Waals surface area (Å²) < 4.78 is 7.53. The summed E-state index contributed by atoms with van der Waals surface area (Å²) in [5.74, 6) is 0.522. The van der Waals surface area contributed by atoms with Crippen LogP contribution >= 0.6 is 11.3 Å². The molecule has 8 heteroatoms. The summed E-state index contributed by atoms with van der Waals surface area (Å²) in [4.78, 5) is 27.9. The van der Waals surface area contributed by atoms with Crippen molar-refractivity contribution in [3.05, 3.63) is 70.6 Å². The van der Waals surface area contributed by atoms with Crippen LogP contribution in [0.25, 0.3) is 17.0 Å². The van der Waals surface area contributed by atoms with E-state index in [2.05, 4.69) is 45.4 Å². The van der Waals surface area contributed by atoms with Gasteiger partial charge in [0.25, 0.3) is 0 Å². The van der Waals surface area contributed by atoms with Crippen LogP contribution in [0.2, 0.25) is 0 Å². The van der Waals surface area contributed by atoms with Crippen LogP contribution in [0, 0.1) is 5.92 Å². The van der Waals surface area contributed by atoms with Crippen molar-refractivity contribution < 1.29 is 9.53 Å². The zero-order chi connectivity index (χ0) is 25.8. The second-order valence-corrected chi connectivity index (χ2v) is 11.9. The highest BCUT2D eigenvalue weighted by Gasteiger charge is 2.26. The molecule has 0 aromatic carbocycles. The van der Waals surface area contributed by atoms with Crippen molar-refractivity contribution in [1.82, 2.24) is 24.7 Å². The van der Waals surface area contributed by atoms with Gasteiger partial charge in [-0.3, -0.25) is 14.4 Å². The lowest BCUT2D eigenvalue weighted by atomic mass is 9.83. The van der Waals surface area contributed by atoms with Crippen LogP contribution in [0.3, 0.4) is 0 Å². The predicted molar refractivity (Wildman–Crippen MR) is 147 cm³/mol. The van der Waals surface area contributed by atoms with E-state index in [1.54, 1.807) is 11.3 Å². The number of nitrogens with zero attached hydrogens (tertiary/aromatic N) is 4. The highest BCUT2D eigenvalue weighted by molar-refractivity contribution is 7.09. The molecule has 0 bridgehead atoms. The summed E-state index contributed by atoms with van der Waals surface area (Å²) in [5, 5.41) is 5.15. The molecule has 4 heterocycles. The van der Waals surface area contributed by atoms with E-state index in [0.717, 1.165) is 73.4 Å². The third-order valence-electron chi connectivity index (χ3n) is 6.83. The number of hydrogen-bond acceptors (Lipinski definition) is 6. The number of alkyl carbamates (subject to hydrolysis) is 1. The molecule has 0 unspecified atom stereocenters. The van der Waals surface area contributed by atoms with E-state index in [-0.39, 0.29) is 12.1 Å². The van der Waals surface area contributed by atoms with Crippen molar-refractivity contribution in [2.24, 2.45) is 5.92 Å². The van der Waals surface area contributed by atoms with E-state index in [1.165, 1.54) is 4.88 Å². The Balaban J connectivity index is 1.23. The van der Waals surface area contributed by atoms with Gasteiger partial charge in [-0.25, -0.2) is 9.78 Å². The topological polar surface area (TPSA) is 81.4 Å². The fourth-order valence-electron chi connectivity index (χ4n) is 5.03. The molecule has 194 valence electrons. The first kappa shape index (κ1) is 25.4. The molecule has 1 aliphatic rings. The zero-order valence-electron chi connectivity index (χ0n) is 21.8. The smallest absolute Gasteiger partial charge is 0.407 e. The lowest BCUT2D eigenvalue weighted by molar-refractivity contribution is 0.0487. The van der Waals surface area contributed by atoms with Crippen LogP contribution in [0.4, 0.5) is 4.79 Å². The number of ether oxygens (including phenoxy) is 1. The molecule has 0 saturated heterocycles. The van der Waals surface area contributed by atoms with Crippen molar-refractivity contribution in [2.75, 3.05) is 0 Å². The molecule has 0 aliphatic heterocycles. The molecule has 7 nitrogen and oxygen atoms in total. The minimum absolute atomic E-state index is 0.172. The molecule has 0 radical (unpaired) electrons. The van der Waals surface area contributed by atoms with Crippen molar-refractivity contribution in [3.8, 4) is 11.4 Å². The average Bonchev–Trinajstić information content (AvgIpc) is 3.54. The van der Waals surface area contributed by atoms with E-state index in [1.807, 2.05) is 39.4 Å². The molecule has 0 atom stereocenters. The van der Waals surface area contributed by atoms with Gasteiger partial charge in [0.1, 0.15) is 5.60 Å². The summed E-state index contributed by atoms with van der Waals surface area (Å²) in [6.45, 7) is 5.66. The lowest BCUT2D eigenvalue weighted by Gasteiger charge is -2.30. The monoisotopic (exact) mass is 517 g/mol. The minimum Gasteiger partial charge on any atom is -0.444 e. The number of thiophene rings is 1. The van der Waals surface area contributed by atoms with Gasteiger partial charge < -0.3 is 10.1 Å². The molecule has 1 N–H and O–H groups in total. The van der Waals surface area contributed by atoms with E-state index < -0.39 is 5.60 Å². The first-order chi connectivity index (χ1) is 17.8. The fourth-order valence-corrected chi connectivity index (χ4v) is 5.74. The molecular formula is C29H35N5O2S. The second kappa shape index (κ2) is 11.0. The number of rotatable bonds is 7. The van der Waals surface area contributed by atoms with E-state index in [4.69, 9.17) is 19.7 Å². The highest BCUT2D eigenvalue weighted by atomic mass is 32.1. The second-order valence-electron chi connectivity index (χ2n) is 10.9. The van der Waals surface area contributed by atoms with E-state index in [0.29, 0.717) is 5.92 Å². The Morgan fingerprint density at radius 1 is 1.11 bits per heavy atom. The average molecular weight is 518 g/mol. The first-order valence-corrected chi connectivity index (χ1v) is 14.0. The number of fused-ring (bicyclic) bond motifs is 1. The highest BCUT2D eigenvalue weighted by Crippen LogP contribution is 2.29. The van der Waals surface area contributed by atoms with Gasteiger partial charge in [0, 0.05) is 29.0 Å². The van der Waals surface area contributed by atoms with Gasteiger partial charge in [-0.05, 0) is 95.2 Å². The van der Waals surface area contributed by atoms with Crippen LogP contribution in [-0.4, -0.2) is 37.1 Å². The molecule has 1 amide bonds. The quantitative estimate of drug-likeness (QED) is 0.313. The summed E-state index contributed by atoms with van der Waals surface area (Å²) in [6.07, 6.45) is 12.2. The third kappa shape index (κ3) is 6.55. The van der Waals surface area contributed by atoms with Crippen molar-refractivity contribution in [2.45, 2.75) is 77.4 Å². The molecule has 4 aromatic heterocycles. The number of carbonyl (C=O) groups is 1. The van der Waals surface area contributed by atoms with Crippen LogP contribution in [-0.2, 0) is 24.0 Å². The molecule has 5 rings (SSSR count). The standard InChI is InChI=1S/C29H35N5O2S/c1-29(2,3)36-28(35)33-22-11-9-20(10-12-22)18-25-27-31-19-26(34(27)16-15-30-25)24-8-4-6-21(32-24)13-14-23-7-5-17-37-23/h4-8,15-17,19-20,22H,9-14,18H2,1-3H3,(H,33,35). The van der Waals surface area contributed by atoms with E-state index in [9.17, 15) is 4.79 Å². The van der Waals surface area contributed by atoms with Crippen molar-refractivity contribution in [1.29, 1.82) is 0 Å². The Bertz CT molecular complexity index is 1330. The Morgan fingerprint density at radius 2 is 1.95 bits per heavy atom. The number of pyridine rings is 1. The number of imidazole rings is 1. The first-order valence-electron chi connectivity index (χ1n) is 13.1. The van der Waals surface area contributed by atoms with Gasteiger partial charge in [-0.1, -0.05) is 12.1 Å². The molecule has 37 heavy (non-hydrogen) atoms. The van der Waals surface area contributed by atoms with Gasteiger partial charge in [0.15, 0.2) is 5.65 Å². The zero-order valence-corrected chi connectivity index (χ0v) is 22.6. The number of amides is 1. The molecule has 4 aromatic rings. The van der Waals surface area contributed by atoms with Gasteiger partial charge >= 0.3 is 6.09 Å². The third-order valence-corrected chi connectivity index (χ3v) is 7.76. The molecule has 1 fully saturated rings. The summed E-state index contributed by atoms with van der Waals surface area (Å²) in [6, 6.07) is 10.7. The Labute approximate surface area is 222 Å². The Morgan fingerprint density at radius 3 is 2.70 bits per heavy atom. The van der Waals surface area contributed by atoms with Crippen LogP contribution < -0.4 is 5.32 Å². The lowest BCUT2D eigenvalue weighted by Crippen LogP contribution is -2.41. The number of hydrogen-bond donors (Lipinski definition) is 1. The fraction of sp³-hybridized carbons (Fsp3) is 0.448. The van der Waals surface area contributed by atoms with Gasteiger partial charge in [0.2, 0.25) is 0 Å². The van der Waals surface area contributed by atoms with Crippen molar-refractivity contribution in [3.63, 3.8) is 0 Å². The van der Waals surface area contributed by atoms with Gasteiger partial charge in [0.05, 0.1) is 23.3 Å². The molecular weight excluding hydrogens is 482 g/mol. The molecule has 1 aliphatic carbocycles. The minimum atomic E-state index is -0.477. The van der Waals surface area contributed by atoms with Gasteiger partial charge in [-0.15, -0.1) is 11.3 Å². The maximum absolute atomic E-state index is 12.1. The summed E-state index contributed by atoms with van der Waals surface area (Å²) in [7, 11) is 0. The SMILES string of the molecule is CC(C)(C)OC(=O)NC1CCC(Cc2nccn3c(-c4cccc(CCc5cccs5)n4)cnc23)CC1. The van der Waals surface area contributed by atoms with Crippen LogP contribution in [0.1, 0.15) is 62.7 Å².